The summed E-state index contributed by atoms with van der Waals surface area (Å²) in [5.41, 5.74) is 13.6. The van der Waals surface area contributed by atoms with Crippen molar-refractivity contribution in [2.75, 3.05) is 7.05 Å². The zero-order valence-corrected chi connectivity index (χ0v) is 29.4. The molecule has 3 aliphatic rings. The van der Waals surface area contributed by atoms with Crippen LogP contribution >= 0.6 is 0 Å². The van der Waals surface area contributed by atoms with Crippen molar-refractivity contribution in [2.45, 2.75) is 124 Å². The maximum absolute atomic E-state index is 4.65. The monoisotopic (exact) mass is 604 g/mol. The predicted octanol–water partition coefficient (Wildman–Crippen LogP) is 11.4. The molecule has 5 rings (SSSR count). The van der Waals surface area contributed by atoms with E-state index >= 15 is 0 Å². The van der Waals surface area contributed by atoms with E-state index in [0.717, 1.165) is 29.6 Å². The minimum absolute atomic E-state index is 0.172. The molecule has 2 aromatic carbocycles. The number of nitrogens with one attached hydrogen (secondary N) is 2. The van der Waals surface area contributed by atoms with Crippen LogP contribution in [0.5, 0.6) is 0 Å². The highest BCUT2D eigenvalue weighted by Gasteiger charge is 2.40. The molecule has 45 heavy (non-hydrogen) atoms. The van der Waals surface area contributed by atoms with Gasteiger partial charge in [0.05, 0.1) is 0 Å². The summed E-state index contributed by atoms with van der Waals surface area (Å²) in [6.07, 6.45) is 17.4. The Labute approximate surface area is 275 Å². The van der Waals surface area contributed by atoms with Crippen LogP contribution in [0.15, 0.2) is 79.2 Å². The van der Waals surface area contributed by atoms with Gasteiger partial charge in [-0.1, -0.05) is 89.3 Å². The van der Waals surface area contributed by atoms with Gasteiger partial charge in [0.25, 0.3) is 0 Å². The Kier molecular flexibility index (Phi) is 10.2. The number of rotatable bonds is 14. The van der Waals surface area contributed by atoms with E-state index in [-0.39, 0.29) is 5.41 Å². The SMILES string of the molecule is C=C(C)C(=C)/C(=C\NC)c1ccc(CC2CC[C@@H](NC(=C)C(C)(CC)CC3(C)CCC3)C2)c(-c2cccc(C)c2C2CCC2)c1. The molecule has 3 saturated carbocycles. The number of hydrogen-bond acceptors (Lipinski definition) is 2. The largest absolute Gasteiger partial charge is 0.393 e. The Hall–Kier alpha value is -3.00. The van der Waals surface area contributed by atoms with E-state index in [1.165, 1.54) is 97.7 Å². The van der Waals surface area contributed by atoms with E-state index in [1.54, 1.807) is 5.56 Å². The zero-order chi connectivity index (χ0) is 32.4. The number of benzene rings is 2. The molecule has 2 aromatic rings. The summed E-state index contributed by atoms with van der Waals surface area (Å²) in [4.78, 5) is 0. The number of aryl methyl sites for hydroxylation is 1. The second-order valence-corrected chi connectivity index (χ2v) is 15.6. The zero-order valence-electron chi connectivity index (χ0n) is 29.4. The fourth-order valence-electron chi connectivity index (χ4n) is 8.51. The summed E-state index contributed by atoms with van der Waals surface area (Å²) in [6.45, 7) is 24.9. The van der Waals surface area contributed by atoms with Crippen molar-refractivity contribution in [3.05, 3.63) is 101 Å². The van der Waals surface area contributed by atoms with Crippen molar-refractivity contribution in [3.8, 4) is 11.1 Å². The van der Waals surface area contributed by atoms with E-state index in [9.17, 15) is 0 Å². The molecule has 0 amide bonds. The van der Waals surface area contributed by atoms with Crippen molar-refractivity contribution in [2.24, 2.45) is 16.7 Å². The van der Waals surface area contributed by atoms with Crippen molar-refractivity contribution >= 4 is 5.57 Å². The van der Waals surface area contributed by atoms with Crippen LogP contribution in [-0.4, -0.2) is 13.1 Å². The fourth-order valence-corrected chi connectivity index (χ4v) is 8.51. The van der Waals surface area contributed by atoms with E-state index < -0.39 is 0 Å². The molecule has 3 aliphatic carbocycles. The van der Waals surface area contributed by atoms with Gasteiger partial charge in [0.1, 0.15) is 0 Å². The molecule has 0 bridgehead atoms. The van der Waals surface area contributed by atoms with Gasteiger partial charge < -0.3 is 10.6 Å². The molecule has 0 radical (unpaired) electrons. The lowest BCUT2D eigenvalue weighted by atomic mass is 9.60. The summed E-state index contributed by atoms with van der Waals surface area (Å²) in [5.74, 6) is 1.35. The van der Waals surface area contributed by atoms with Crippen LogP contribution in [0.25, 0.3) is 16.7 Å². The maximum atomic E-state index is 4.65. The third kappa shape index (κ3) is 7.21. The summed E-state index contributed by atoms with van der Waals surface area (Å²) >= 11 is 0. The van der Waals surface area contributed by atoms with Crippen LogP contribution in [-0.2, 0) is 6.42 Å². The van der Waals surface area contributed by atoms with Crippen LogP contribution in [0, 0.1) is 23.7 Å². The highest BCUT2D eigenvalue weighted by molar-refractivity contribution is 5.85. The topological polar surface area (TPSA) is 24.1 Å². The minimum Gasteiger partial charge on any atom is -0.393 e. The molecular formula is C43H60N2. The minimum atomic E-state index is 0.172. The first kappa shape index (κ1) is 33.4. The van der Waals surface area contributed by atoms with Crippen LogP contribution in [0.1, 0.15) is 126 Å². The third-order valence-corrected chi connectivity index (χ3v) is 12.0. The second-order valence-electron chi connectivity index (χ2n) is 15.6. The predicted molar refractivity (Wildman–Crippen MR) is 196 cm³/mol. The van der Waals surface area contributed by atoms with Gasteiger partial charge in [0.15, 0.2) is 0 Å². The first-order chi connectivity index (χ1) is 21.5. The average Bonchev–Trinajstić information content (AvgIpc) is 3.41. The van der Waals surface area contributed by atoms with Crippen molar-refractivity contribution in [1.29, 1.82) is 0 Å². The standard InChI is InChI=1S/C43H60N2/c1-10-43(8,28-42(7)22-13-23-42)32(6)45-37-21-18-33(25-37)24-35-19-20-36(40(27-44-9)31(5)29(2)3)26-39(35)38-17-11-14-30(4)41(38)34-15-12-16-34/h11,14,17,19-20,26-27,33-34,37,44-45H,2,5-6,10,12-13,15-16,18,21-25,28H2,1,3-4,7-9H3/b40-27+/t33?,37-,43?/m1/s1. The number of hydrogen-bond donors (Lipinski definition) is 2. The lowest BCUT2D eigenvalue weighted by molar-refractivity contribution is 0.0854. The molecule has 2 N–H and O–H groups in total. The molecule has 0 aromatic heterocycles. The maximum Gasteiger partial charge on any atom is 0.0261 e. The molecule has 0 saturated heterocycles. The third-order valence-electron chi connectivity index (χ3n) is 12.0. The molecule has 0 heterocycles. The first-order valence-corrected chi connectivity index (χ1v) is 17.9. The van der Waals surface area contributed by atoms with Gasteiger partial charge in [-0.15, -0.1) is 0 Å². The molecule has 2 heteroatoms. The van der Waals surface area contributed by atoms with E-state index in [1.807, 2.05) is 14.0 Å². The second kappa shape index (κ2) is 13.8. The Balaban J connectivity index is 1.41. The normalized spacial score (nSPS) is 22.6. The van der Waals surface area contributed by atoms with E-state index in [2.05, 4.69) is 101 Å². The highest BCUT2D eigenvalue weighted by atomic mass is 14.9. The molecule has 2 unspecified atom stereocenters. The Morgan fingerprint density at radius 3 is 2.38 bits per heavy atom. The lowest BCUT2D eigenvalue weighted by Crippen LogP contribution is -2.39. The summed E-state index contributed by atoms with van der Waals surface area (Å²) in [6, 6.07) is 14.7. The molecule has 0 spiro atoms. The van der Waals surface area contributed by atoms with Gasteiger partial charge in [-0.05, 0) is 140 Å². The molecular weight excluding hydrogens is 544 g/mol. The van der Waals surface area contributed by atoms with E-state index in [0.29, 0.717) is 23.3 Å². The molecule has 0 aliphatic heterocycles. The number of allylic oxidation sites excluding steroid dienone is 4. The van der Waals surface area contributed by atoms with Crippen molar-refractivity contribution in [3.63, 3.8) is 0 Å². The Bertz CT molecular complexity index is 1450. The molecule has 2 nitrogen and oxygen atoms in total. The summed E-state index contributed by atoms with van der Waals surface area (Å²) in [5, 5.41) is 7.25. The molecule has 3 fully saturated rings. The van der Waals surface area contributed by atoms with Gasteiger partial charge in [-0.25, -0.2) is 0 Å². The van der Waals surface area contributed by atoms with Crippen LogP contribution in [0.2, 0.25) is 0 Å². The van der Waals surface area contributed by atoms with Crippen molar-refractivity contribution < 1.29 is 0 Å². The smallest absolute Gasteiger partial charge is 0.0261 e. The lowest BCUT2D eigenvalue weighted by Gasteiger charge is -2.46. The molecule has 3 atom stereocenters. The van der Waals surface area contributed by atoms with Gasteiger partial charge in [-0.3, -0.25) is 0 Å². The van der Waals surface area contributed by atoms with E-state index in [4.69, 9.17) is 0 Å². The van der Waals surface area contributed by atoms with Gasteiger partial charge in [-0.2, -0.15) is 0 Å². The van der Waals surface area contributed by atoms with Crippen LogP contribution in [0.3, 0.4) is 0 Å². The van der Waals surface area contributed by atoms with Crippen molar-refractivity contribution in [1.82, 2.24) is 10.6 Å². The van der Waals surface area contributed by atoms with Gasteiger partial charge >= 0.3 is 0 Å². The van der Waals surface area contributed by atoms with Crippen LogP contribution in [0.4, 0.5) is 0 Å². The Morgan fingerprint density at radius 1 is 1.02 bits per heavy atom. The van der Waals surface area contributed by atoms with Gasteiger partial charge in [0.2, 0.25) is 0 Å². The Morgan fingerprint density at radius 2 is 1.78 bits per heavy atom. The highest BCUT2D eigenvalue weighted by Crippen LogP contribution is 2.51. The summed E-state index contributed by atoms with van der Waals surface area (Å²) < 4.78 is 0. The van der Waals surface area contributed by atoms with Crippen LogP contribution < -0.4 is 10.6 Å². The van der Waals surface area contributed by atoms with Gasteiger partial charge in [0, 0.05) is 36.0 Å². The fraction of sp³-hybridized carbons (Fsp3) is 0.535. The molecule has 242 valence electrons. The average molecular weight is 605 g/mol. The summed E-state index contributed by atoms with van der Waals surface area (Å²) in [7, 11) is 1.96. The first-order valence-electron chi connectivity index (χ1n) is 17.9. The quantitative estimate of drug-likeness (QED) is 0.210.